The Morgan fingerprint density at radius 1 is 1.00 bits per heavy atom. The van der Waals surface area contributed by atoms with Gasteiger partial charge < -0.3 is 29.9 Å². The Bertz CT molecular complexity index is 1120. The number of β-amino-alcohol motifs (C(OH)–C–C–N with tert-alkyl or cyclic N) is 1. The van der Waals surface area contributed by atoms with Crippen LogP contribution in [-0.2, 0) is 14.3 Å². The molecule has 0 spiro atoms. The molecule has 2 aromatic carbocycles. The summed E-state index contributed by atoms with van der Waals surface area (Å²) >= 11 is 0. The van der Waals surface area contributed by atoms with Crippen molar-refractivity contribution in [1.82, 2.24) is 9.80 Å². The third kappa shape index (κ3) is 5.30. The summed E-state index contributed by atoms with van der Waals surface area (Å²) in [4.78, 5) is 43.1. The number of carbonyl (C=O) groups is 3. The molecule has 9 nitrogen and oxygen atoms in total. The average Bonchev–Trinajstić information content (AvgIpc) is 3.19. The van der Waals surface area contributed by atoms with Crippen LogP contribution in [0, 0.1) is 6.92 Å². The number of methoxy groups -OCH3 is 1. The number of esters is 1. The number of benzene rings is 2. The number of hydrogen-bond donors (Lipinski definition) is 2. The highest BCUT2D eigenvalue weighted by Crippen LogP contribution is 2.25. The zero-order valence-electron chi connectivity index (χ0n) is 20.0. The lowest BCUT2D eigenvalue weighted by Crippen LogP contribution is -2.48. The first-order chi connectivity index (χ1) is 16.9. The molecule has 9 heteroatoms. The monoisotopic (exact) mass is 478 g/mol. The molecule has 2 amide bonds. The maximum absolute atomic E-state index is 12.8. The van der Waals surface area contributed by atoms with Gasteiger partial charge in [-0.1, -0.05) is 17.7 Å². The zero-order chi connectivity index (χ0) is 24.9. The minimum atomic E-state index is -0.573. The predicted octanol–water partition coefficient (Wildman–Crippen LogP) is 1.63. The Kier molecular flexibility index (Phi) is 7.36. The molecule has 2 aliphatic heterocycles. The van der Waals surface area contributed by atoms with Gasteiger partial charge >= 0.3 is 5.97 Å². The number of nitrogens with one attached hydrogen (secondary N) is 1. The number of carbonyl (C=O) groups excluding carboxylic acids is 3. The molecule has 0 unspecified atom stereocenters. The summed E-state index contributed by atoms with van der Waals surface area (Å²) in [5.74, 6) is -0.871. The van der Waals surface area contributed by atoms with E-state index in [0.29, 0.717) is 24.3 Å². The molecular formula is C26H30N4O5. The van der Waals surface area contributed by atoms with E-state index in [4.69, 9.17) is 4.74 Å². The van der Waals surface area contributed by atoms with Gasteiger partial charge in [0, 0.05) is 49.7 Å². The molecule has 0 saturated carbocycles. The summed E-state index contributed by atoms with van der Waals surface area (Å²) in [5.41, 5.74) is 3.92. The Balaban J connectivity index is 1.38. The topological polar surface area (TPSA) is 102 Å². The van der Waals surface area contributed by atoms with E-state index in [1.165, 1.54) is 12.0 Å². The Labute approximate surface area is 204 Å². The van der Waals surface area contributed by atoms with Gasteiger partial charge in [-0.2, -0.15) is 0 Å². The minimum Gasteiger partial charge on any atom is -0.466 e. The van der Waals surface area contributed by atoms with Crippen molar-refractivity contribution in [3.05, 3.63) is 70.9 Å². The molecule has 0 aliphatic carbocycles. The van der Waals surface area contributed by atoms with Crippen LogP contribution in [0.15, 0.2) is 59.8 Å². The van der Waals surface area contributed by atoms with Crippen LogP contribution in [0.4, 0.5) is 11.4 Å². The number of anilines is 2. The first-order valence-electron chi connectivity index (χ1n) is 11.6. The van der Waals surface area contributed by atoms with Crippen molar-refractivity contribution in [2.45, 2.75) is 6.92 Å². The number of ether oxygens (including phenoxy) is 1. The highest BCUT2D eigenvalue weighted by molar-refractivity contribution is 6.08. The van der Waals surface area contributed by atoms with Gasteiger partial charge in [0.15, 0.2) is 0 Å². The van der Waals surface area contributed by atoms with Gasteiger partial charge in [-0.25, -0.2) is 4.79 Å². The highest BCUT2D eigenvalue weighted by Gasteiger charge is 2.34. The van der Waals surface area contributed by atoms with Crippen LogP contribution in [-0.4, -0.2) is 85.7 Å². The van der Waals surface area contributed by atoms with E-state index in [1.807, 2.05) is 60.4 Å². The number of rotatable bonds is 7. The van der Waals surface area contributed by atoms with Crippen LogP contribution in [0.25, 0.3) is 0 Å². The highest BCUT2D eigenvalue weighted by atomic mass is 16.5. The SMILES string of the molecule is COC(=O)C1=C(Nc2ccc(N3CCN(C(=O)c4ccc(C)cc4)CC3)cc2)C(=O)N(CCO)C1. The van der Waals surface area contributed by atoms with Gasteiger partial charge in [-0.3, -0.25) is 9.59 Å². The number of nitrogens with zero attached hydrogens (tertiary/aromatic N) is 3. The van der Waals surface area contributed by atoms with Gasteiger partial charge in [0.1, 0.15) is 5.70 Å². The molecule has 184 valence electrons. The summed E-state index contributed by atoms with van der Waals surface area (Å²) in [7, 11) is 1.27. The van der Waals surface area contributed by atoms with Crippen molar-refractivity contribution < 1.29 is 24.2 Å². The van der Waals surface area contributed by atoms with Gasteiger partial charge in [0.25, 0.3) is 11.8 Å². The number of aliphatic hydroxyl groups excluding tert-OH is 1. The second-order valence-electron chi connectivity index (χ2n) is 8.61. The molecule has 0 atom stereocenters. The van der Waals surface area contributed by atoms with Crippen LogP contribution >= 0.6 is 0 Å². The predicted molar refractivity (Wildman–Crippen MR) is 132 cm³/mol. The molecule has 2 aromatic rings. The summed E-state index contributed by atoms with van der Waals surface area (Å²) in [6.45, 7) is 4.76. The zero-order valence-corrected chi connectivity index (χ0v) is 20.0. The van der Waals surface area contributed by atoms with Crippen molar-refractivity contribution in [2.24, 2.45) is 0 Å². The Hall–Kier alpha value is -3.85. The molecule has 1 fully saturated rings. The van der Waals surface area contributed by atoms with E-state index >= 15 is 0 Å². The molecule has 2 heterocycles. The summed E-state index contributed by atoms with van der Waals surface area (Å²) < 4.78 is 4.82. The number of amides is 2. The lowest BCUT2D eigenvalue weighted by molar-refractivity contribution is -0.136. The van der Waals surface area contributed by atoms with Crippen LogP contribution in [0.3, 0.4) is 0 Å². The molecule has 0 radical (unpaired) electrons. The third-order valence-electron chi connectivity index (χ3n) is 6.32. The molecule has 2 aliphatic rings. The van der Waals surface area contributed by atoms with Crippen LogP contribution in [0.2, 0.25) is 0 Å². The molecule has 4 rings (SSSR count). The Morgan fingerprint density at radius 3 is 2.26 bits per heavy atom. The third-order valence-corrected chi connectivity index (χ3v) is 6.32. The van der Waals surface area contributed by atoms with Crippen molar-refractivity contribution in [3.8, 4) is 0 Å². The van der Waals surface area contributed by atoms with E-state index in [2.05, 4.69) is 10.2 Å². The van der Waals surface area contributed by atoms with Gasteiger partial charge in [0.2, 0.25) is 0 Å². The molecule has 0 bridgehead atoms. The van der Waals surface area contributed by atoms with E-state index in [0.717, 1.165) is 24.3 Å². The number of piperazine rings is 1. The normalized spacial score (nSPS) is 16.1. The first-order valence-corrected chi connectivity index (χ1v) is 11.6. The van der Waals surface area contributed by atoms with E-state index in [-0.39, 0.29) is 42.8 Å². The van der Waals surface area contributed by atoms with E-state index in [9.17, 15) is 19.5 Å². The van der Waals surface area contributed by atoms with E-state index in [1.54, 1.807) is 0 Å². The minimum absolute atomic E-state index is 0.0513. The Morgan fingerprint density at radius 2 is 1.66 bits per heavy atom. The van der Waals surface area contributed by atoms with Crippen molar-refractivity contribution in [3.63, 3.8) is 0 Å². The van der Waals surface area contributed by atoms with Crippen molar-refractivity contribution in [2.75, 3.05) is 63.2 Å². The summed E-state index contributed by atoms with van der Waals surface area (Å²) in [6.07, 6.45) is 0. The summed E-state index contributed by atoms with van der Waals surface area (Å²) in [6, 6.07) is 15.2. The fourth-order valence-corrected chi connectivity index (χ4v) is 4.30. The van der Waals surface area contributed by atoms with Crippen molar-refractivity contribution >= 4 is 29.2 Å². The second-order valence-corrected chi connectivity index (χ2v) is 8.61. The summed E-state index contributed by atoms with van der Waals surface area (Å²) in [5, 5.41) is 12.2. The quantitative estimate of drug-likeness (QED) is 0.583. The standard InChI is InChI=1S/C26H30N4O5/c1-18-3-5-19(6-4-18)24(32)29-13-11-28(12-14-29)21-9-7-20(8-10-21)27-23-22(26(34)35-2)17-30(15-16-31)25(23)33/h3-10,27,31H,11-17H2,1-2H3. The maximum atomic E-state index is 12.8. The molecule has 2 N–H and O–H groups in total. The van der Waals surface area contributed by atoms with Crippen LogP contribution in [0.5, 0.6) is 0 Å². The maximum Gasteiger partial charge on any atom is 0.337 e. The lowest BCUT2D eigenvalue weighted by Gasteiger charge is -2.36. The largest absolute Gasteiger partial charge is 0.466 e. The number of aliphatic hydroxyl groups is 1. The van der Waals surface area contributed by atoms with Crippen LogP contribution in [0.1, 0.15) is 15.9 Å². The van der Waals surface area contributed by atoms with Gasteiger partial charge in [0.05, 0.1) is 25.8 Å². The van der Waals surface area contributed by atoms with Crippen LogP contribution < -0.4 is 10.2 Å². The fourth-order valence-electron chi connectivity index (χ4n) is 4.30. The molecule has 0 aromatic heterocycles. The van der Waals surface area contributed by atoms with Gasteiger partial charge in [-0.05, 0) is 43.3 Å². The first kappa shape index (κ1) is 24.3. The van der Waals surface area contributed by atoms with Gasteiger partial charge in [-0.15, -0.1) is 0 Å². The molecule has 35 heavy (non-hydrogen) atoms. The fraction of sp³-hybridized carbons (Fsp3) is 0.346. The molecular weight excluding hydrogens is 448 g/mol. The van der Waals surface area contributed by atoms with Crippen molar-refractivity contribution in [1.29, 1.82) is 0 Å². The number of hydrogen-bond acceptors (Lipinski definition) is 7. The lowest BCUT2D eigenvalue weighted by atomic mass is 10.1. The average molecular weight is 479 g/mol. The second kappa shape index (κ2) is 10.6. The smallest absolute Gasteiger partial charge is 0.337 e. The van der Waals surface area contributed by atoms with E-state index < -0.39 is 5.97 Å². The molecule has 1 saturated heterocycles. The number of aryl methyl sites for hydroxylation is 1.